The van der Waals surface area contributed by atoms with E-state index in [0.29, 0.717) is 19.6 Å². The largest absolute Gasteiger partial charge is 0.383 e. The van der Waals surface area contributed by atoms with E-state index in [9.17, 15) is 4.79 Å². The zero-order valence-electron chi connectivity index (χ0n) is 9.22. The Balaban J connectivity index is 2.10. The minimum atomic E-state index is 0.0379. The lowest BCUT2D eigenvalue weighted by atomic mass is 10.1. The molecule has 0 saturated carbocycles. The molecule has 0 atom stereocenters. The molecule has 1 heterocycles. The normalized spacial score (nSPS) is 15.4. The SMILES string of the molecule is COCCN1N=C(c2ccccc2)CC1=O. The summed E-state index contributed by atoms with van der Waals surface area (Å²) in [5, 5.41) is 5.78. The average molecular weight is 218 g/mol. The average Bonchev–Trinajstić information content (AvgIpc) is 2.69. The van der Waals surface area contributed by atoms with Crippen LogP contribution in [0, 0.1) is 0 Å². The molecule has 0 unspecified atom stereocenters. The number of hydrazone groups is 1. The van der Waals surface area contributed by atoms with Crippen molar-refractivity contribution in [1.29, 1.82) is 0 Å². The van der Waals surface area contributed by atoms with Gasteiger partial charge in [-0.15, -0.1) is 0 Å². The molecule has 1 aliphatic heterocycles. The van der Waals surface area contributed by atoms with Gasteiger partial charge in [0.2, 0.25) is 5.91 Å². The first-order valence-corrected chi connectivity index (χ1v) is 5.23. The van der Waals surface area contributed by atoms with Crippen molar-refractivity contribution < 1.29 is 9.53 Å². The van der Waals surface area contributed by atoms with E-state index in [0.717, 1.165) is 11.3 Å². The monoisotopic (exact) mass is 218 g/mol. The number of ether oxygens (including phenoxy) is 1. The first kappa shape index (κ1) is 10.8. The molecular weight excluding hydrogens is 204 g/mol. The van der Waals surface area contributed by atoms with Crippen LogP contribution in [0.3, 0.4) is 0 Å². The fourth-order valence-corrected chi connectivity index (χ4v) is 1.61. The summed E-state index contributed by atoms with van der Waals surface area (Å²) in [4.78, 5) is 11.6. The Morgan fingerprint density at radius 3 is 2.81 bits per heavy atom. The Morgan fingerprint density at radius 1 is 1.38 bits per heavy atom. The molecule has 0 bridgehead atoms. The zero-order valence-corrected chi connectivity index (χ0v) is 9.22. The molecule has 0 aliphatic carbocycles. The van der Waals surface area contributed by atoms with E-state index in [2.05, 4.69) is 5.10 Å². The van der Waals surface area contributed by atoms with Gasteiger partial charge in [-0.1, -0.05) is 30.3 Å². The number of amides is 1. The second kappa shape index (κ2) is 4.90. The van der Waals surface area contributed by atoms with Gasteiger partial charge in [0.15, 0.2) is 0 Å². The molecule has 4 nitrogen and oxygen atoms in total. The van der Waals surface area contributed by atoms with Crippen molar-refractivity contribution in [1.82, 2.24) is 5.01 Å². The summed E-state index contributed by atoms with van der Waals surface area (Å²) in [5.74, 6) is 0.0379. The molecule has 2 rings (SSSR count). The smallest absolute Gasteiger partial charge is 0.248 e. The van der Waals surface area contributed by atoms with Crippen LogP contribution in [0.15, 0.2) is 35.4 Å². The van der Waals surface area contributed by atoms with E-state index in [4.69, 9.17) is 4.74 Å². The number of hydrogen-bond acceptors (Lipinski definition) is 3. The molecule has 16 heavy (non-hydrogen) atoms. The number of carbonyl (C=O) groups excluding carboxylic acids is 1. The van der Waals surface area contributed by atoms with E-state index in [-0.39, 0.29) is 5.91 Å². The first-order valence-electron chi connectivity index (χ1n) is 5.23. The highest BCUT2D eigenvalue weighted by Crippen LogP contribution is 2.14. The predicted molar refractivity (Wildman–Crippen MR) is 61.2 cm³/mol. The maximum atomic E-state index is 11.6. The lowest BCUT2D eigenvalue weighted by Crippen LogP contribution is -2.24. The van der Waals surface area contributed by atoms with Crippen LogP contribution in [0.5, 0.6) is 0 Å². The molecule has 4 heteroatoms. The Bertz CT molecular complexity index is 401. The van der Waals surface area contributed by atoms with Gasteiger partial charge in [0.05, 0.1) is 25.3 Å². The minimum absolute atomic E-state index is 0.0379. The number of hydrogen-bond donors (Lipinski definition) is 0. The maximum absolute atomic E-state index is 11.6. The molecule has 0 fully saturated rings. The van der Waals surface area contributed by atoms with Crippen LogP contribution in [0.2, 0.25) is 0 Å². The van der Waals surface area contributed by atoms with Gasteiger partial charge in [-0.3, -0.25) is 4.79 Å². The fraction of sp³-hybridized carbons (Fsp3) is 0.333. The first-order chi connectivity index (χ1) is 7.81. The Hall–Kier alpha value is -1.68. The number of rotatable bonds is 4. The standard InChI is InChI=1S/C12H14N2O2/c1-16-8-7-14-12(15)9-11(13-14)10-5-3-2-4-6-10/h2-6H,7-9H2,1H3. The molecule has 0 radical (unpaired) electrons. The summed E-state index contributed by atoms with van der Waals surface area (Å²) in [6.45, 7) is 1.03. The zero-order chi connectivity index (χ0) is 11.4. The maximum Gasteiger partial charge on any atom is 0.248 e. The quantitative estimate of drug-likeness (QED) is 0.763. The van der Waals surface area contributed by atoms with E-state index < -0.39 is 0 Å². The summed E-state index contributed by atoms with van der Waals surface area (Å²) in [5.41, 5.74) is 1.84. The van der Waals surface area contributed by atoms with Crippen molar-refractivity contribution in [3.05, 3.63) is 35.9 Å². The highest BCUT2D eigenvalue weighted by Gasteiger charge is 2.23. The second-order valence-electron chi connectivity index (χ2n) is 3.60. The van der Waals surface area contributed by atoms with E-state index in [1.165, 1.54) is 5.01 Å². The number of carbonyl (C=O) groups is 1. The lowest BCUT2D eigenvalue weighted by Gasteiger charge is -2.09. The predicted octanol–water partition coefficient (Wildman–Crippen LogP) is 1.27. The Labute approximate surface area is 94.5 Å². The summed E-state index contributed by atoms with van der Waals surface area (Å²) < 4.78 is 4.93. The van der Waals surface area contributed by atoms with Crippen molar-refractivity contribution in [3.8, 4) is 0 Å². The summed E-state index contributed by atoms with van der Waals surface area (Å²) >= 11 is 0. The van der Waals surface area contributed by atoms with Crippen LogP contribution in [0.1, 0.15) is 12.0 Å². The topological polar surface area (TPSA) is 41.9 Å². The summed E-state index contributed by atoms with van der Waals surface area (Å²) in [7, 11) is 1.61. The molecular formula is C12H14N2O2. The van der Waals surface area contributed by atoms with Crippen LogP contribution >= 0.6 is 0 Å². The molecule has 0 saturated heterocycles. The van der Waals surface area contributed by atoms with Gasteiger partial charge in [-0.25, -0.2) is 5.01 Å². The number of nitrogens with zero attached hydrogens (tertiary/aromatic N) is 2. The third-order valence-electron chi connectivity index (χ3n) is 2.46. The van der Waals surface area contributed by atoms with Gasteiger partial charge in [-0.2, -0.15) is 5.10 Å². The Kier molecular flexibility index (Phi) is 3.31. The fourth-order valence-electron chi connectivity index (χ4n) is 1.61. The second-order valence-corrected chi connectivity index (χ2v) is 3.60. The summed E-state index contributed by atoms with van der Waals surface area (Å²) in [6.07, 6.45) is 0.383. The van der Waals surface area contributed by atoms with Crippen LogP contribution < -0.4 is 0 Å². The van der Waals surface area contributed by atoms with Gasteiger partial charge in [0.1, 0.15) is 0 Å². The molecule has 0 aromatic heterocycles. The van der Waals surface area contributed by atoms with Crippen LogP contribution in [-0.2, 0) is 9.53 Å². The van der Waals surface area contributed by atoms with Crippen molar-refractivity contribution in [3.63, 3.8) is 0 Å². The van der Waals surface area contributed by atoms with Crippen molar-refractivity contribution in [2.24, 2.45) is 5.10 Å². The molecule has 1 amide bonds. The van der Waals surface area contributed by atoms with E-state index in [1.54, 1.807) is 7.11 Å². The van der Waals surface area contributed by atoms with Crippen LogP contribution in [-0.4, -0.2) is 36.9 Å². The van der Waals surface area contributed by atoms with Crippen molar-refractivity contribution >= 4 is 11.6 Å². The molecule has 1 aliphatic rings. The number of benzene rings is 1. The molecule has 0 spiro atoms. The van der Waals surface area contributed by atoms with Crippen LogP contribution in [0.25, 0.3) is 0 Å². The highest BCUT2D eigenvalue weighted by atomic mass is 16.5. The third-order valence-corrected chi connectivity index (χ3v) is 2.46. The lowest BCUT2D eigenvalue weighted by molar-refractivity contribution is -0.129. The van der Waals surface area contributed by atoms with Gasteiger partial charge in [0, 0.05) is 7.11 Å². The van der Waals surface area contributed by atoms with Crippen molar-refractivity contribution in [2.75, 3.05) is 20.3 Å². The highest BCUT2D eigenvalue weighted by molar-refractivity contribution is 6.13. The number of methoxy groups -OCH3 is 1. The van der Waals surface area contributed by atoms with Gasteiger partial charge in [-0.05, 0) is 5.56 Å². The molecule has 1 aromatic rings. The van der Waals surface area contributed by atoms with E-state index >= 15 is 0 Å². The third kappa shape index (κ3) is 2.28. The molecule has 1 aromatic carbocycles. The summed E-state index contributed by atoms with van der Waals surface area (Å²) in [6, 6.07) is 9.77. The van der Waals surface area contributed by atoms with Gasteiger partial charge < -0.3 is 4.74 Å². The van der Waals surface area contributed by atoms with Gasteiger partial charge >= 0.3 is 0 Å². The van der Waals surface area contributed by atoms with Gasteiger partial charge in [0.25, 0.3) is 0 Å². The van der Waals surface area contributed by atoms with E-state index in [1.807, 2.05) is 30.3 Å². The Morgan fingerprint density at radius 2 is 2.12 bits per heavy atom. The van der Waals surface area contributed by atoms with Crippen molar-refractivity contribution in [2.45, 2.75) is 6.42 Å². The van der Waals surface area contributed by atoms with Crippen LogP contribution in [0.4, 0.5) is 0 Å². The minimum Gasteiger partial charge on any atom is -0.383 e. The molecule has 84 valence electrons. The molecule has 0 N–H and O–H groups in total.